The molecule has 1 aliphatic rings. The fourth-order valence-corrected chi connectivity index (χ4v) is 2.87. The molecule has 0 radical (unpaired) electrons. The number of benzene rings is 1. The lowest BCUT2D eigenvalue weighted by molar-refractivity contribution is 0.115. The quantitative estimate of drug-likeness (QED) is 0.818. The minimum absolute atomic E-state index is 0.0708. The fourth-order valence-electron chi connectivity index (χ4n) is 2.87. The van der Waals surface area contributed by atoms with Gasteiger partial charge in [0.25, 0.3) is 0 Å². The van der Waals surface area contributed by atoms with Crippen molar-refractivity contribution in [2.45, 2.75) is 57.2 Å². The second-order valence-electron chi connectivity index (χ2n) is 5.72. The van der Waals surface area contributed by atoms with Gasteiger partial charge in [0.2, 0.25) is 0 Å². The van der Waals surface area contributed by atoms with Gasteiger partial charge in [-0.1, -0.05) is 31.4 Å². The van der Waals surface area contributed by atoms with Crippen LogP contribution in [0.1, 0.15) is 50.6 Å². The van der Waals surface area contributed by atoms with Crippen molar-refractivity contribution in [1.29, 1.82) is 5.26 Å². The molecule has 1 aliphatic carbocycles. The number of nitriles is 1. The molecule has 0 aliphatic heterocycles. The first-order chi connectivity index (χ1) is 10.2. The molecule has 1 saturated carbocycles. The Bertz CT molecular complexity index is 467. The van der Waals surface area contributed by atoms with Gasteiger partial charge < -0.3 is 15.2 Å². The fraction of sp³-hybridized carbons (Fsp3) is 0.588. The lowest BCUT2D eigenvalue weighted by Gasteiger charge is -2.26. The molecule has 0 heterocycles. The third-order valence-electron chi connectivity index (χ3n) is 4.13. The zero-order valence-electron chi connectivity index (χ0n) is 12.6. The van der Waals surface area contributed by atoms with Crippen LogP contribution in [0.15, 0.2) is 24.3 Å². The zero-order chi connectivity index (χ0) is 15.1. The Balaban J connectivity index is 1.92. The van der Waals surface area contributed by atoms with E-state index in [1.165, 1.54) is 12.8 Å². The van der Waals surface area contributed by atoms with E-state index in [1.54, 1.807) is 0 Å². The number of hydrogen-bond acceptors (Lipinski definition) is 4. The van der Waals surface area contributed by atoms with Gasteiger partial charge in [0.15, 0.2) is 6.61 Å². The van der Waals surface area contributed by atoms with Crippen LogP contribution in [0.2, 0.25) is 0 Å². The molecular weight excluding hydrogens is 264 g/mol. The summed E-state index contributed by atoms with van der Waals surface area (Å²) in [6, 6.07) is 10.1. The minimum atomic E-state index is -0.242. The summed E-state index contributed by atoms with van der Waals surface area (Å²) in [5, 5.41) is 22.2. The second kappa shape index (κ2) is 8.02. The molecule has 2 N–H and O–H groups in total. The van der Waals surface area contributed by atoms with Crippen LogP contribution in [0.4, 0.5) is 0 Å². The normalized spacial score (nSPS) is 23.9. The van der Waals surface area contributed by atoms with Crippen LogP contribution in [0, 0.1) is 11.3 Å². The maximum Gasteiger partial charge on any atom is 0.174 e. The van der Waals surface area contributed by atoms with Crippen molar-refractivity contribution < 1.29 is 9.84 Å². The first-order valence-electron chi connectivity index (χ1n) is 7.74. The summed E-state index contributed by atoms with van der Waals surface area (Å²) >= 11 is 0. The Kier molecular flexibility index (Phi) is 6.04. The average Bonchev–Trinajstić information content (AvgIpc) is 2.70. The highest BCUT2D eigenvalue weighted by Gasteiger charge is 2.23. The number of hydrogen-bond donors (Lipinski definition) is 2. The van der Waals surface area contributed by atoms with Crippen molar-refractivity contribution in [1.82, 2.24) is 5.32 Å². The summed E-state index contributed by atoms with van der Waals surface area (Å²) < 4.78 is 5.25. The summed E-state index contributed by atoms with van der Waals surface area (Å²) in [6.45, 7) is 2.18. The van der Waals surface area contributed by atoms with Crippen LogP contribution >= 0.6 is 0 Å². The van der Waals surface area contributed by atoms with E-state index in [9.17, 15) is 5.11 Å². The van der Waals surface area contributed by atoms with Crippen molar-refractivity contribution in [2.24, 2.45) is 0 Å². The van der Waals surface area contributed by atoms with Crippen LogP contribution in [0.5, 0.6) is 5.75 Å². The van der Waals surface area contributed by atoms with Crippen molar-refractivity contribution in [3.05, 3.63) is 29.8 Å². The van der Waals surface area contributed by atoms with Gasteiger partial charge in [-0.2, -0.15) is 5.26 Å². The van der Waals surface area contributed by atoms with E-state index in [0.717, 1.165) is 24.8 Å². The van der Waals surface area contributed by atoms with Gasteiger partial charge in [0.05, 0.1) is 6.10 Å². The van der Waals surface area contributed by atoms with Gasteiger partial charge in [-0.3, -0.25) is 0 Å². The molecule has 0 saturated heterocycles. The Hall–Kier alpha value is -1.57. The van der Waals surface area contributed by atoms with Gasteiger partial charge in [0.1, 0.15) is 11.8 Å². The monoisotopic (exact) mass is 288 g/mol. The molecule has 4 heteroatoms. The van der Waals surface area contributed by atoms with Gasteiger partial charge in [-0.15, -0.1) is 0 Å². The van der Waals surface area contributed by atoms with Gasteiger partial charge in [-0.25, -0.2) is 0 Å². The van der Waals surface area contributed by atoms with Gasteiger partial charge in [-0.05, 0) is 37.5 Å². The molecule has 0 aromatic heterocycles. The average molecular weight is 288 g/mol. The second-order valence-corrected chi connectivity index (χ2v) is 5.72. The lowest BCUT2D eigenvalue weighted by atomic mass is 10.0. The largest absolute Gasteiger partial charge is 0.479 e. The molecule has 0 amide bonds. The van der Waals surface area contributed by atoms with E-state index in [2.05, 4.69) is 12.2 Å². The predicted octanol–water partition coefficient (Wildman–Crippen LogP) is 2.93. The summed E-state index contributed by atoms with van der Waals surface area (Å²) in [5.74, 6) is 0.710. The van der Waals surface area contributed by atoms with Crippen LogP contribution in [0.25, 0.3) is 0 Å². The SMILES string of the molecule is CC(NC1CCCCCC1O)c1ccc(OCC#N)cc1. The number of aliphatic hydroxyl groups excluding tert-OH is 1. The highest BCUT2D eigenvalue weighted by Crippen LogP contribution is 2.23. The lowest BCUT2D eigenvalue weighted by Crippen LogP contribution is -2.40. The van der Waals surface area contributed by atoms with Crippen LogP contribution in [-0.4, -0.2) is 23.9 Å². The number of rotatable bonds is 5. The summed E-state index contributed by atoms with van der Waals surface area (Å²) in [6.07, 6.45) is 5.21. The standard InChI is InChI=1S/C17H24N2O2/c1-13(19-16-5-3-2-4-6-17(16)20)14-7-9-15(10-8-14)21-12-11-18/h7-10,13,16-17,19-20H,2-6,12H2,1H3. The molecule has 3 atom stereocenters. The molecule has 21 heavy (non-hydrogen) atoms. The predicted molar refractivity (Wildman–Crippen MR) is 82.0 cm³/mol. The number of nitrogens with one attached hydrogen (secondary N) is 1. The van der Waals surface area contributed by atoms with Crippen molar-refractivity contribution in [3.63, 3.8) is 0 Å². The maximum absolute atomic E-state index is 10.2. The third-order valence-corrected chi connectivity index (χ3v) is 4.13. The van der Waals surface area contributed by atoms with E-state index in [0.29, 0.717) is 5.75 Å². The highest BCUT2D eigenvalue weighted by atomic mass is 16.5. The zero-order valence-corrected chi connectivity index (χ0v) is 12.6. The van der Waals surface area contributed by atoms with Gasteiger partial charge >= 0.3 is 0 Å². The molecule has 4 nitrogen and oxygen atoms in total. The summed E-state index contributed by atoms with van der Waals surface area (Å²) in [4.78, 5) is 0. The minimum Gasteiger partial charge on any atom is -0.479 e. The highest BCUT2D eigenvalue weighted by molar-refractivity contribution is 5.29. The topological polar surface area (TPSA) is 65.3 Å². The molecular formula is C17H24N2O2. The number of aliphatic hydroxyl groups is 1. The number of ether oxygens (including phenoxy) is 1. The molecule has 1 aromatic rings. The maximum atomic E-state index is 10.2. The Morgan fingerprint density at radius 3 is 2.71 bits per heavy atom. The van der Waals surface area contributed by atoms with Gasteiger partial charge in [0, 0.05) is 12.1 Å². The smallest absolute Gasteiger partial charge is 0.174 e. The van der Waals surface area contributed by atoms with E-state index in [-0.39, 0.29) is 24.8 Å². The van der Waals surface area contributed by atoms with E-state index < -0.39 is 0 Å². The van der Waals surface area contributed by atoms with E-state index in [1.807, 2.05) is 30.3 Å². The van der Waals surface area contributed by atoms with Crippen LogP contribution < -0.4 is 10.1 Å². The Morgan fingerprint density at radius 2 is 2.00 bits per heavy atom. The number of nitrogens with zero attached hydrogens (tertiary/aromatic N) is 1. The molecule has 2 rings (SSSR count). The third kappa shape index (κ3) is 4.73. The van der Waals surface area contributed by atoms with E-state index in [4.69, 9.17) is 10.00 Å². The summed E-state index contributed by atoms with van der Waals surface area (Å²) in [7, 11) is 0. The first-order valence-corrected chi connectivity index (χ1v) is 7.74. The van der Waals surface area contributed by atoms with Crippen molar-refractivity contribution in [3.8, 4) is 11.8 Å². The van der Waals surface area contributed by atoms with Crippen molar-refractivity contribution >= 4 is 0 Å². The molecule has 0 spiro atoms. The van der Waals surface area contributed by atoms with Crippen LogP contribution in [0.3, 0.4) is 0 Å². The Morgan fingerprint density at radius 1 is 1.29 bits per heavy atom. The molecule has 0 bridgehead atoms. The van der Waals surface area contributed by atoms with Crippen molar-refractivity contribution in [2.75, 3.05) is 6.61 Å². The summed E-state index contributed by atoms with van der Waals surface area (Å²) in [5.41, 5.74) is 1.16. The molecule has 1 fully saturated rings. The van der Waals surface area contributed by atoms with E-state index >= 15 is 0 Å². The molecule has 114 valence electrons. The first kappa shape index (κ1) is 15.8. The Labute approximate surface area is 126 Å². The molecule has 1 aromatic carbocycles. The van der Waals surface area contributed by atoms with Crippen LogP contribution in [-0.2, 0) is 0 Å². The molecule has 3 unspecified atom stereocenters.